The average Bonchev–Trinajstić information content (AvgIpc) is 2.29. The van der Waals surface area contributed by atoms with Crippen molar-refractivity contribution >= 4 is 5.78 Å². The van der Waals surface area contributed by atoms with Crippen LogP contribution in [0.25, 0.3) is 0 Å². The minimum absolute atomic E-state index is 0.278. The fourth-order valence-electron chi connectivity index (χ4n) is 2.14. The van der Waals surface area contributed by atoms with Gasteiger partial charge in [0.05, 0.1) is 5.69 Å². The SMILES string of the molecule is O=C1CCCCC1CCc1cnccn1. The first-order chi connectivity index (χ1) is 7.36. The van der Waals surface area contributed by atoms with Gasteiger partial charge in [-0.3, -0.25) is 14.8 Å². The topological polar surface area (TPSA) is 42.9 Å². The van der Waals surface area contributed by atoms with Gasteiger partial charge in [0.25, 0.3) is 0 Å². The lowest BCUT2D eigenvalue weighted by atomic mass is 9.84. The molecular weight excluding hydrogens is 188 g/mol. The van der Waals surface area contributed by atoms with Gasteiger partial charge in [-0.15, -0.1) is 0 Å². The Balaban J connectivity index is 1.85. The van der Waals surface area contributed by atoms with Gasteiger partial charge < -0.3 is 0 Å². The maximum Gasteiger partial charge on any atom is 0.135 e. The summed E-state index contributed by atoms with van der Waals surface area (Å²) < 4.78 is 0. The molecule has 1 aliphatic rings. The second kappa shape index (κ2) is 5.01. The van der Waals surface area contributed by atoms with Crippen LogP contribution >= 0.6 is 0 Å². The first-order valence-corrected chi connectivity index (χ1v) is 5.64. The first-order valence-electron chi connectivity index (χ1n) is 5.64. The van der Waals surface area contributed by atoms with E-state index in [0.29, 0.717) is 5.78 Å². The van der Waals surface area contributed by atoms with Crippen molar-refractivity contribution in [2.45, 2.75) is 38.5 Å². The minimum atomic E-state index is 0.278. The van der Waals surface area contributed by atoms with Gasteiger partial charge in [0, 0.05) is 30.9 Å². The van der Waals surface area contributed by atoms with E-state index < -0.39 is 0 Å². The molecule has 0 bridgehead atoms. The molecular formula is C12H16N2O. The number of ketones is 1. The highest BCUT2D eigenvalue weighted by atomic mass is 16.1. The normalized spacial score (nSPS) is 21.6. The zero-order valence-corrected chi connectivity index (χ0v) is 8.85. The summed E-state index contributed by atoms with van der Waals surface area (Å²) in [6, 6.07) is 0. The average molecular weight is 204 g/mol. The predicted octanol–water partition coefficient (Wildman–Crippen LogP) is 2.17. The van der Waals surface area contributed by atoms with Crippen LogP contribution in [0.5, 0.6) is 0 Å². The molecule has 1 atom stereocenters. The highest BCUT2D eigenvalue weighted by Gasteiger charge is 2.21. The molecule has 2 rings (SSSR count). The lowest BCUT2D eigenvalue weighted by molar-refractivity contribution is -0.124. The quantitative estimate of drug-likeness (QED) is 0.757. The Labute approximate surface area is 89.9 Å². The lowest BCUT2D eigenvalue weighted by Crippen LogP contribution is -2.19. The van der Waals surface area contributed by atoms with Crippen molar-refractivity contribution in [3.8, 4) is 0 Å². The molecule has 3 nitrogen and oxygen atoms in total. The Morgan fingerprint density at radius 1 is 1.33 bits per heavy atom. The number of carbonyl (C=O) groups is 1. The van der Waals surface area contributed by atoms with Crippen molar-refractivity contribution < 1.29 is 4.79 Å². The van der Waals surface area contributed by atoms with E-state index in [-0.39, 0.29) is 5.92 Å². The highest BCUT2D eigenvalue weighted by Crippen LogP contribution is 2.24. The zero-order chi connectivity index (χ0) is 10.5. The Hall–Kier alpha value is -1.25. The van der Waals surface area contributed by atoms with Crippen molar-refractivity contribution in [2.24, 2.45) is 5.92 Å². The van der Waals surface area contributed by atoms with Gasteiger partial charge in [0.1, 0.15) is 5.78 Å². The molecule has 0 aromatic carbocycles. The molecule has 1 aromatic heterocycles. The molecule has 15 heavy (non-hydrogen) atoms. The third kappa shape index (κ3) is 2.85. The van der Waals surface area contributed by atoms with E-state index in [1.807, 2.05) is 0 Å². The molecule has 80 valence electrons. The standard InChI is InChI=1S/C12H16N2O/c15-12-4-2-1-3-10(12)5-6-11-9-13-7-8-14-11/h7-10H,1-6H2. The number of rotatable bonds is 3. The number of hydrogen-bond donors (Lipinski definition) is 0. The van der Waals surface area contributed by atoms with E-state index in [1.54, 1.807) is 18.6 Å². The van der Waals surface area contributed by atoms with E-state index in [4.69, 9.17) is 0 Å². The molecule has 0 N–H and O–H groups in total. The molecule has 0 saturated heterocycles. The van der Waals surface area contributed by atoms with Crippen LogP contribution in [0.3, 0.4) is 0 Å². The van der Waals surface area contributed by atoms with Gasteiger partial charge in [-0.05, 0) is 25.7 Å². The predicted molar refractivity (Wildman–Crippen MR) is 57.3 cm³/mol. The monoisotopic (exact) mass is 204 g/mol. The summed E-state index contributed by atoms with van der Waals surface area (Å²) in [6.45, 7) is 0. The number of carbonyl (C=O) groups excluding carboxylic acids is 1. The largest absolute Gasteiger partial charge is 0.299 e. The smallest absolute Gasteiger partial charge is 0.135 e. The molecule has 1 aliphatic carbocycles. The number of hydrogen-bond acceptors (Lipinski definition) is 3. The molecule has 1 saturated carbocycles. The summed E-state index contributed by atoms with van der Waals surface area (Å²) in [5.74, 6) is 0.728. The van der Waals surface area contributed by atoms with Crippen LogP contribution in [0.1, 0.15) is 37.8 Å². The molecule has 1 aromatic rings. The summed E-state index contributed by atoms with van der Waals surface area (Å²) >= 11 is 0. The minimum Gasteiger partial charge on any atom is -0.299 e. The summed E-state index contributed by atoms with van der Waals surface area (Å²) in [5, 5.41) is 0. The van der Waals surface area contributed by atoms with Gasteiger partial charge >= 0.3 is 0 Å². The maximum atomic E-state index is 11.6. The Kier molecular flexibility index (Phi) is 3.43. The first kappa shape index (κ1) is 10.3. The number of aromatic nitrogens is 2. The summed E-state index contributed by atoms with van der Waals surface area (Å²) in [7, 11) is 0. The van der Waals surface area contributed by atoms with Crippen LogP contribution < -0.4 is 0 Å². The van der Waals surface area contributed by atoms with Crippen LogP contribution in [0.2, 0.25) is 0 Å². The van der Waals surface area contributed by atoms with Gasteiger partial charge in [-0.25, -0.2) is 0 Å². The fourth-order valence-corrected chi connectivity index (χ4v) is 2.14. The molecule has 0 aliphatic heterocycles. The maximum absolute atomic E-state index is 11.6. The fraction of sp³-hybridized carbons (Fsp3) is 0.583. The Morgan fingerprint density at radius 3 is 3.00 bits per heavy atom. The second-order valence-corrected chi connectivity index (χ2v) is 4.14. The van der Waals surface area contributed by atoms with Gasteiger partial charge in [-0.1, -0.05) is 6.42 Å². The summed E-state index contributed by atoms with van der Waals surface area (Å²) in [5.41, 5.74) is 0.996. The van der Waals surface area contributed by atoms with Gasteiger partial charge in [-0.2, -0.15) is 0 Å². The van der Waals surface area contributed by atoms with E-state index >= 15 is 0 Å². The number of Topliss-reactive ketones (excluding diaryl/α,β-unsaturated/α-hetero) is 1. The van der Waals surface area contributed by atoms with Gasteiger partial charge in [0.15, 0.2) is 0 Å². The Bertz CT molecular complexity index is 324. The van der Waals surface area contributed by atoms with Crippen LogP contribution in [-0.4, -0.2) is 15.8 Å². The Morgan fingerprint density at radius 2 is 2.27 bits per heavy atom. The van der Waals surface area contributed by atoms with Crippen molar-refractivity contribution in [3.05, 3.63) is 24.3 Å². The molecule has 1 unspecified atom stereocenters. The number of nitrogens with zero attached hydrogens (tertiary/aromatic N) is 2. The van der Waals surface area contributed by atoms with Crippen LogP contribution in [0.4, 0.5) is 0 Å². The van der Waals surface area contributed by atoms with Crippen LogP contribution in [-0.2, 0) is 11.2 Å². The summed E-state index contributed by atoms with van der Waals surface area (Å²) in [6.07, 6.45) is 11.1. The van der Waals surface area contributed by atoms with Crippen molar-refractivity contribution in [1.29, 1.82) is 0 Å². The van der Waals surface area contributed by atoms with Crippen molar-refractivity contribution in [1.82, 2.24) is 9.97 Å². The van der Waals surface area contributed by atoms with Crippen molar-refractivity contribution in [3.63, 3.8) is 0 Å². The van der Waals surface area contributed by atoms with Crippen LogP contribution in [0, 0.1) is 5.92 Å². The van der Waals surface area contributed by atoms with Crippen molar-refractivity contribution in [2.75, 3.05) is 0 Å². The molecule has 0 spiro atoms. The van der Waals surface area contributed by atoms with E-state index in [9.17, 15) is 4.79 Å². The molecule has 0 amide bonds. The van der Waals surface area contributed by atoms with Gasteiger partial charge in [0.2, 0.25) is 0 Å². The van der Waals surface area contributed by atoms with E-state index in [0.717, 1.165) is 37.8 Å². The van der Waals surface area contributed by atoms with E-state index in [1.165, 1.54) is 6.42 Å². The highest BCUT2D eigenvalue weighted by molar-refractivity contribution is 5.81. The molecule has 0 radical (unpaired) electrons. The molecule has 3 heteroatoms. The molecule has 1 heterocycles. The van der Waals surface area contributed by atoms with Crippen LogP contribution in [0.15, 0.2) is 18.6 Å². The second-order valence-electron chi connectivity index (χ2n) is 4.14. The lowest BCUT2D eigenvalue weighted by Gasteiger charge is -2.19. The summed E-state index contributed by atoms with van der Waals surface area (Å²) in [4.78, 5) is 19.8. The molecule has 1 fully saturated rings. The zero-order valence-electron chi connectivity index (χ0n) is 8.85. The van der Waals surface area contributed by atoms with E-state index in [2.05, 4.69) is 9.97 Å². The third-order valence-corrected chi connectivity index (χ3v) is 3.05. The number of aryl methyl sites for hydroxylation is 1. The third-order valence-electron chi connectivity index (χ3n) is 3.05.